The molecule has 1 heterocycles. The molecule has 0 aliphatic carbocycles. The van der Waals surface area contributed by atoms with Crippen molar-refractivity contribution >= 4 is 11.3 Å². The van der Waals surface area contributed by atoms with Gasteiger partial charge in [-0.25, -0.2) is 0 Å². The molecule has 0 aliphatic rings. The van der Waals surface area contributed by atoms with Crippen molar-refractivity contribution in [2.45, 2.75) is 45.6 Å². The van der Waals surface area contributed by atoms with Gasteiger partial charge in [0.1, 0.15) is 0 Å². The molecule has 0 saturated heterocycles. The van der Waals surface area contributed by atoms with Gasteiger partial charge in [0.2, 0.25) is 0 Å². The second-order valence-electron chi connectivity index (χ2n) is 4.17. The third kappa shape index (κ3) is 4.50. The molecule has 90 valence electrons. The molecular formula is C14H23NS. The summed E-state index contributed by atoms with van der Waals surface area (Å²) < 4.78 is 0. The molecule has 0 bridgehead atoms. The largest absolute Gasteiger partial charge is 0.309 e. The van der Waals surface area contributed by atoms with Crippen LogP contribution in [0.25, 0.3) is 0 Å². The fraction of sp³-hybridized carbons (Fsp3) is 0.571. The lowest BCUT2D eigenvalue weighted by atomic mass is 10.1. The average Bonchev–Trinajstić information content (AvgIpc) is 2.70. The Bertz CT molecular complexity index is 303. The number of aryl methyl sites for hydroxylation is 1. The summed E-state index contributed by atoms with van der Waals surface area (Å²) in [5.41, 5.74) is 0. The summed E-state index contributed by atoms with van der Waals surface area (Å²) in [6.45, 7) is 9.28. The molecule has 1 unspecified atom stereocenters. The van der Waals surface area contributed by atoms with Crippen LogP contribution in [-0.2, 0) is 0 Å². The van der Waals surface area contributed by atoms with Crippen LogP contribution in [0.2, 0.25) is 0 Å². The van der Waals surface area contributed by atoms with Crippen molar-refractivity contribution in [3.8, 4) is 0 Å². The number of thiophene rings is 1. The second-order valence-corrected chi connectivity index (χ2v) is 5.49. The molecule has 0 fully saturated rings. The summed E-state index contributed by atoms with van der Waals surface area (Å²) in [6, 6.07) is 5.02. The van der Waals surface area contributed by atoms with E-state index in [1.54, 1.807) is 0 Å². The van der Waals surface area contributed by atoms with E-state index in [1.165, 1.54) is 29.0 Å². The van der Waals surface area contributed by atoms with Crippen LogP contribution < -0.4 is 5.32 Å². The first-order valence-corrected chi connectivity index (χ1v) is 7.00. The molecule has 0 spiro atoms. The minimum Gasteiger partial charge on any atom is -0.309 e. The molecule has 1 rings (SSSR count). The van der Waals surface area contributed by atoms with Gasteiger partial charge in [0.25, 0.3) is 0 Å². The molecule has 0 aromatic carbocycles. The molecule has 2 heteroatoms. The van der Waals surface area contributed by atoms with Gasteiger partial charge in [0.15, 0.2) is 0 Å². The highest BCUT2D eigenvalue weighted by Gasteiger charge is 2.11. The first-order valence-electron chi connectivity index (χ1n) is 6.18. The maximum atomic E-state index is 3.78. The number of unbranched alkanes of at least 4 members (excludes halogenated alkanes) is 1. The van der Waals surface area contributed by atoms with E-state index in [0.29, 0.717) is 6.04 Å². The summed E-state index contributed by atoms with van der Waals surface area (Å²) >= 11 is 1.92. The lowest BCUT2D eigenvalue weighted by Gasteiger charge is -2.16. The van der Waals surface area contributed by atoms with Crippen molar-refractivity contribution in [1.29, 1.82) is 0 Å². The van der Waals surface area contributed by atoms with Crippen LogP contribution in [0.5, 0.6) is 0 Å². The minimum atomic E-state index is 0.540. The van der Waals surface area contributed by atoms with Gasteiger partial charge < -0.3 is 5.32 Å². The van der Waals surface area contributed by atoms with Crippen molar-refractivity contribution in [3.63, 3.8) is 0 Å². The van der Waals surface area contributed by atoms with Crippen LogP contribution in [0, 0.1) is 6.92 Å². The Balaban J connectivity index is 2.52. The predicted octanol–water partition coefficient (Wildman–Crippen LogP) is 4.45. The number of hydrogen-bond donors (Lipinski definition) is 1. The summed E-state index contributed by atoms with van der Waals surface area (Å²) in [6.07, 6.45) is 6.77. The first-order chi connectivity index (χ1) is 7.77. The van der Waals surface area contributed by atoms with Crippen LogP contribution in [0.15, 0.2) is 24.8 Å². The zero-order valence-corrected chi connectivity index (χ0v) is 11.3. The number of allylic oxidation sites excluding steroid dienone is 1. The maximum absolute atomic E-state index is 3.78. The van der Waals surface area contributed by atoms with Crippen molar-refractivity contribution in [2.75, 3.05) is 6.54 Å². The van der Waals surface area contributed by atoms with Crippen LogP contribution in [0.1, 0.15) is 48.4 Å². The standard InChI is InChI=1S/C14H23NS/c1-4-6-7-8-13(15-11-5-2)14-10-9-12(3)16-14/h4,9-10,13,15H,1,5-8,11H2,2-3H3. The van der Waals surface area contributed by atoms with Gasteiger partial charge in [-0.2, -0.15) is 0 Å². The minimum absolute atomic E-state index is 0.540. The zero-order chi connectivity index (χ0) is 11.8. The van der Waals surface area contributed by atoms with E-state index in [4.69, 9.17) is 0 Å². The molecule has 1 nitrogen and oxygen atoms in total. The third-order valence-electron chi connectivity index (χ3n) is 2.65. The fourth-order valence-electron chi connectivity index (χ4n) is 1.77. The summed E-state index contributed by atoms with van der Waals surface area (Å²) in [5, 5.41) is 3.63. The van der Waals surface area contributed by atoms with Crippen LogP contribution in [-0.4, -0.2) is 6.54 Å². The second kappa shape index (κ2) is 7.64. The zero-order valence-electron chi connectivity index (χ0n) is 10.5. The molecule has 1 aromatic heterocycles. The molecule has 0 saturated carbocycles. The Morgan fingerprint density at radius 3 is 2.88 bits per heavy atom. The van der Waals surface area contributed by atoms with Gasteiger partial charge in [-0.15, -0.1) is 17.9 Å². The smallest absolute Gasteiger partial charge is 0.0414 e. The fourth-order valence-corrected chi connectivity index (χ4v) is 2.76. The van der Waals surface area contributed by atoms with E-state index in [2.05, 4.69) is 37.9 Å². The Morgan fingerprint density at radius 1 is 1.50 bits per heavy atom. The summed E-state index contributed by atoms with van der Waals surface area (Å²) in [7, 11) is 0. The number of rotatable bonds is 8. The molecule has 16 heavy (non-hydrogen) atoms. The topological polar surface area (TPSA) is 12.0 Å². The van der Waals surface area contributed by atoms with Crippen LogP contribution >= 0.6 is 11.3 Å². The van der Waals surface area contributed by atoms with Gasteiger partial charge in [0.05, 0.1) is 0 Å². The van der Waals surface area contributed by atoms with E-state index in [9.17, 15) is 0 Å². The van der Waals surface area contributed by atoms with E-state index in [0.717, 1.165) is 13.0 Å². The molecule has 1 atom stereocenters. The van der Waals surface area contributed by atoms with Crippen molar-refractivity contribution in [1.82, 2.24) is 5.32 Å². The number of hydrogen-bond acceptors (Lipinski definition) is 2. The van der Waals surface area contributed by atoms with Crippen LogP contribution in [0.4, 0.5) is 0 Å². The normalized spacial score (nSPS) is 12.6. The SMILES string of the molecule is C=CCCCC(NCCC)c1ccc(C)s1. The van der Waals surface area contributed by atoms with Crippen molar-refractivity contribution in [3.05, 3.63) is 34.5 Å². The van der Waals surface area contributed by atoms with E-state index in [1.807, 2.05) is 17.4 Å². The lowest BCUT2D eigenvalue weighted by Crippen LogP contribution is -2.21. The summed E-state index contributed by atoms with van der Waals surface area (Å²) in [4.78, 5) is 2.89. The van der Waals surface area contributed by atoms with Gasteiger partial charge in [-0.05, 0) is 51.3 Å². The van der Waals surface area contributed by atoms with Crippen LogP contribution in [0.3, 0.4) is 0 Å². The van der Waals surface area contributed by atoms with Gasteiger partial charge in [-0.3, -0.25) is 0 Å². The highest BCUT2D eigenvalue weighted by atomic mass is 32.1. The Labute approximate surface area is 104 Å². The monoisotopic (exact) mass is 237 g/mol. The van der Waals surface area contributed by atoms with E-state index >= 15 is 0 Å². The Hall–Kier alpha value is -0.600. The number of nitrogens with one attached hydrogen (secondary N) is 1. The average molecular weight is 237 g/mol. The van der Waals surface area contributed by atoms with E-state index in [-0.39, 0.29) is 0 Å². The van der Waals surface area contributed by atoms with Gasteiger partial charge in [-0.1, -0.05) is 13.0 Å². The van der Waals surface area contributed by atoms with Gasteiger partial charge in [0, 0.05) is 15.8 Å². The Kier molecular flexibility index (Phi) is 6.43. The lowest BCUT2D eigenvalue weighted by molar-refractivity contribution is 0.492. The molecule has 0 aliphatic heterocycles. The highest BCUT2D eigenvalue weighted by Crippen LogP contribution is 2.26. The molecule has 1 aromatic rings. The first kappa shape index (κ1) is 13.5. The molecule has 0 radical (unpaired) electrons. The quantitative estimate of drug-likeness (QED) is 0.520. The highest BCUT2D eigenvalue weighted by molar-refractivity contribution is 7.12. The molecule has 1 N–H and O–H groups in total. The predicted molar refractivity (Wildman–Crippen MR) is 74.1 cm³/mol. The van der Waals surface area contributed by atoms with E-state index < -0.39 is 0 Å². The van der Waals surface area contributed by atoms with Gasteiger partial charge >= 0.3 is 0 Å². The van der Waals surface area contributed by atoms with Crippen molar-refractivity contribution in [2.24, 2.45) is 0 Å². The third-order valence-corrected chi connectivity index (χ3v) is 3.76. The Morgan fingerprint density at radius 2 is 2.31 bits per heavy atom. The summed E-state index contributed by atoms with van der Waals surface area (Å²) in [5.74, 6) is 0. The molecule has 0 amide bonds. The van der Waals surface area contributed by atoms with Crippen molar-refractivity contribution < 1.29 is 0 Å². The maximum Gasteiger partial charge on any atom is 0.0414 e. The molecular weight excluding hydrogens is 214 g/mol.